The highest BCUT2D eigenvalue weighted by molar-refractivity contribution is 6.18. The Morgan fingerprint density at radius 3 is 2.64 bits per heavy atom. The second-order valence-corrected chi connectivity index (χ2v) is 5.12. The number of anilines is 2. The van der Waals surface area contributed by atoms with Gasteiger partial charge < -0.3 is 19.8 Å². The molecule has 1 aromatic rings. The zero-order valence-corrected chi connectivity index (χ0v) is 12.6. The Hall–Kier alpha value is -1.83. The average molecular weight is 329 g/mol. The van der Waals surface area contributed by atoms with Crippen molar-refractivity contribution in [2.45, 2.75) is 6.10 Å². The van der Waals surface area contributed by atoms with Crippen LogP contribution in [0.25, 0.3) is 0 Å². The molecule has 0 radical (unpaired) electrons. The normalized spacial score (nSPS) is 16.5. The fourth-order valence-corrected chi connectivity index (χ4v) is 2.25. The zero-order chi connectivity index (χ0) is 16.1. The van der Waals surface area contributed by atoms with Gasteiger partial charge in [-0.3, -0.25) is 9.69 Å². The van der Waals surface area contributed by atoms with Crippen LogP contribution >= 0.6 is 11.6 Å². The summed E-state index contributed by atoms with van der Waals surface area (Å²) in [7, 11) is 0. The number of rotatable bonds is 5. The maximum absolute atomic E-state index is 11.8. The number of carbonyl (C=O) groups is 2. The van der Waals surface area contributed by atoms with Crippen LogP contribution < -0.4 is 9.80 Å². The molecule has 2 rings (SSSR count). The van der Waals surface area contributed by atoms with E-state index < -0.39 is 12.2 Å². The SMILES string of the molecule is O=C(O)N(C[C@@H](O)CCl)c1ccc(N2CCOCC2=O)cc1. The van der Waals surface area contributed by atoms with Gasteiger partial charge in [0.1, 0.15) is 6.61 Å². The molecule has 1 saturated heterocycles. The first-order valence-corrected chi connectivity index (χ1v) is 7.29. The van der Waals surface area contributed by atoms with Crippen LogP contribution in [0.15, 0.2) is 24.3 Å². The first-order valence-electron chi connectivity index (χ1n) is 6.75. The Balaban J connectivity index is 2.15. The van der Waals surface area contributed by atoms with Gasteiger partial charge in [0.2, 0.25) is 0 Å². The molecule has 120 valence electrons. The number of aliphatic hydroxyl groups excluding tert-OH is 1. The highest BCUT2D eigenvalue weighted by Gasteiger charge is 2.22. The summed E-state index contributed by atoms with van der Waals surface area (Å²) in [6, 6.07) is 6.52. The van der Waals surface area contributed by atoms with Gasteiger partial charge in [-0.25, -0.2) is 4.79 Å². The third-order valence-electron chi connectivity index (χ3n) is 3.26. The minimum absolute atomic E-state index is 0.0465. The first-order chi connectivity index (χ1) is 10.5. The molecule has 1 fully saturated rings. The van der Waals surface area contributed by atoms with E-state index in [1.165, 1.54) is 0 Å². The summed E-state index contributed by atoms with van der Waals surface area (Å²) in [6.45, 7) is 0.863. The molecule has 8 heteroatoms. The Labute approximate surface area is 132 Å². The molecule has 22 heavy (non-hydrogen) atoms. The van der Waals surface area contributed by atoms with E-state index in [9.17, 15) is 19.8 Å². The van der Waals surface area contributed by atoms with Gasteiger partial charge in [0, 0.05) is 17.9 Å². The molecule has 1 aliphatic rings. The van der Waals surface area contributed by atoms with Crippen LogP contribution in [0.1, 0.15) is 0 Å². The number of aliphatic hydroxyl groups is 1. The lowest BCUT2D eigenvalue weighted by Gasteiger charge is -2.27. The molecule has 1 atom stereocenters. The summed E-state index contributed by atoms with van der Waals surface area (Å²) in [6.07, 6.45) is -2.13. The van der Waals surface area contributed by atoms with Crippen LogP contribution in [0.2, 0.25) is 0 Å². The van der Waals surface area contributed by atoms with E-state index >= 15 is 0 Å². The number of halogens is 1. The second kappa shape index (κ2) is 7.44. The molecule has 0 saturated carbocycles. The van der Waals surface area contributed by atoms with Gasteiger partial charge in [-0.1, -0.05) is 0 Å². The topological polar surface area (TPSA) is 90.3 Å². The predicted molar refractivity (Wildman–Crippen MR) is 81.7 cm³/mol. The summed E-state index contributed by atoms with van der Waals surface area (Å²) < 4.78 is 5.07. The lowest BCUT2D eigenvalue weighted by Crippen LogP contribution is -2.41. The summed E-state index contributed by atoms with van der Waals surface area (Å²) >= 11 is 5.51. The van der Waals surface area contributed by atoms with E-state index in [0.717, 1.165) is 4.90 Å². The average Bonchev–Trinajstić information content (AvgIpc) is 2.53. The van der Waals surface area contributed by atoms with Crippen LogP contribution in [-0.2, 0) is 9.53 Å². The lowest BCUT2D eigenvalue weighted by molar-refractivity contribution is -0.125. The van der Waals surface area contributed by atoms with Gasteiger partial charge >= 0.3 is 6.09 Å². The van der Waals surface area contributed by atoms with E-state index in [-0.39, 0.29) is 24.9 Å². The maximum atomic E-state index is 11.8. The Morgan fingerprint density at radius 2 is 2.09 bits per heavy atom. The van der Waals surface area contributed by atoms with Gasteiger partial charge in [-0.2, -0.15) is 0 Å². The molecule has 1 aliphatic heterocycles. The van der Waals surface area contributed by atoms with Crippen LogP contribution in [0.5, 0.6) is 0 Å². The number of carboxylic acid groups (broad SMARTS) is 1. The van der Waals surface area contributed by atoms with Crippen LogP contribution in [0, 0.1) is 0 Å². The largest absolute Gasteiger partial charge is 0.465 e. The van der Waals surface area contributed by atoms with Crippen molar-refractivity contribution in [2.24, 2.45) is 0 Å². The number of carbonyl (C=O) groups excluding carboxylic acids is 1. The van der Waals surface area contributed by atoms with Crippen molar-refractivity contribution in [3.05, 3.63) is 24.3 Å². The van der Waals surface area contributed by atoms with Crippen LogP contribution in [0.4, 0.5) is 16.2 Å². The van der Waals surface area contributed by atoms with Crippen molar-refractivity contribution >= 4 is 35.0 Å². The monoisotopic (exact) mass is 328 g/mol. The molecule has 0 unspecified atom stereocenters. The third-order valence-corrected chi connectivity index (χ3v) is 3.62. The minimum Gasteiger partial charge on any atom is -0.465 e. The van der Waals surface area contributed by atoms with Crippen molar-refractivity contribution in [1.82, 2.24) is 0 Å². The number of alkyl halides is 1. The van der Waals surface area contributed by atoms with Crippen molar-refractivity contribution < 1.29 is 24.5 Å². The molecule has 0 spiro atoms. The standard InChI is InChI=1S/C14H17ClN2O5/c15-7-12(18)8-17(14(20)21)11-3-1-10(2-4-11)16-5-6-22-9-13(16)19/h1-4,12,18H,5-9H2,(H,20,21)/t12-/m0/s1. The van der Waals surface area contributed by atoms with Crippen LogP contribution in [-0.4, -0.2) is 60.5 Å². The maximum Gasteiger partial charge on any atom is 0.411 e. The van der Waals surface area contributed by atoms with E-state index in [1.807, 2.05) is 0 Å². The highest BCUT2D eigenvalue weighted by atomic mass is 35.5. The molecule has 1 heterocycles. The lowest BCUT2D eigenvalue weighted by atomic mass is 10.2. The number of amides is 2. The number of ether oxygens (including phenoxy) is 1. The molecular weight excluding hydrogens is 312 g/mol. The van der Waals surface area contributed by atoms with E-state index in [0.29, 0.717) is 24.5 Å². The van der Waals surface area contributed by atoms with Crippen molar-refractivity contribution in [2.75, 3.05) is 42.0 Å². The molecule has 0 aromatic heterocycles. The summed E-state index contributed by atoms with van der Waals surface area (Å²) in [5.41, 5.74) is 1.08. The third kappa shape index (κ3) is 3.88. The Kier molecular flexibility index (Phi) is 5.59. The van der Waals surface area contributed by atoms with Gasteiger partial charge in [-0.15, -0.1) is 11.6 Å². The summed E-state index contributed by atoms with van der Waals surface area (Å²) in [5, 5.41) is 18.7. The predicted octanol–water partition coefficient (Wildman–Crippen LogP) is 1.13. The summed E-state index contributed by atoms with van der Waals surface area (Å²) in [4.78, 5) is 25.6. The molecule has 2 N–H and O–H groups in total. The fourth-order valence-electron chi connectivity index (χ4n) is 2.16. The van der Waals surface area contributed by atoms with E-state index in [1.54, 1.807) is 29.2 Å². The van der Waals surface area contributed by atoms with Gasteiger partial charge in [-0.05, 0) is 24.3 Å². The van der Waals surface area contributed by atoms with Gasteiger partial charge in [0.05, 0.1) is 25.1 Å². The van der Waals surface area contributed by atoms with E-state index in [4.69, 9.17) is 16.3 Å². The summed E-state index contributed by atoms with van der Waals surface area (Å²) in [5.74, 6) is -0.184. The van der Waals surface area contributed by atoms with Crippen molar-refractivity contribution in [3.8, 4) is 0 Å². The molecular formula is C14H17ClN2O5. The Bertz CT molecular complexity index is 537. The number of hydrogen-bond donors (Lipinski definition) is 2. The minimum atomic E-state index is -1.18. The molecule has 1 aromatic carbocycles. The molecule has 7 nitrogen and oxygen atoms in total. The van der Waals surface area contributed by atoms with Gasteiger partial charge in [0.15, 0.2) is 0 Å². The molecule has 0 bridgehead atoms. The quantitative estimate of drug-likeness (QED) is 0.791. The number of morpholine rings is 1. The fraction of sp³-hybridized carbons (Fsp3) is 0.429. The molecule has 2 amide bonds. The smallest absolute Gasteiger partial charge is 0.411 e. The van der Waals surface area contributed by atoms with Crippen molar-refractivity contribution in [1.29, 1.82) is 0 Å². The first kappa shape index (κ1) is 16.5. The van der Waals surface area contributed by atoms with E-state index in [2.05, 4.69) is 0 Å². The van der Waals surface area contributed by atoms with Crippen molar-refractivity contribution in [3.63, 3.8) is 0 Å². The second-order valence-electron chi connectivity index (χ2n) is 4.82. The molecule has 0 aliphatic carbocycles. The zero-order valence-electron chi connectivity index (χ0n) is 11.8. The van der Waals surface area contributed by atoms with Gasteiger partial charge in [0.25, 0.3) is 5.91 Å². The number of hydrogen-bond acceptors (Lipinski definition) is 4. The Morgan fingerprint density at radius 1 is 1.41 bits per heavy atom. The highest BCUT2D eigenvalue weighted by Crippen LogP contribution is 2.22. The number of nitrogens with zero attached hydrogens (tertiary/aromatic N) is 2. The van der Waals surface area contributed by atoms with Crippen LogP contribution in [0.3, 0.4) is 0 Å². The number of benzene rings is 1.